The van der Waals surface area contributed by atoms with Crippen molar-refractivity contribution in [2.24, 2.45) is 0 Å². The molecule has 0 bridgehead atoms. The van der Waals surface area contributed by atoms with E-state index < -0.39 is 99.7 Å². The molecule has 0 aliphatic heterocycles. The van der Waals surface area contributed by atoms with Crippen molar-refractivity contribution >= 4 is 11.9 Å². The third kappa shape index (κ3) is 14.5. The van der Waals surface area contributed by atoms with Crippen LogP contribution in [-0.2, 0) is 21.8 Å². The number of alkyl halides is 12. The number of hydrogen-bond donors (Lipinski definition) is 1. The zero-order chi connectivity index (χ0) is 45.3. The van der Waals surface area contributed by atoms with Gasteiger partial charge in [-0.1, -0.05) is 0 Å². The molecule has 324 valence electrons. The van der Waals surface area contributed by atoms with Gasteiger partial charge in [0.25, 0.3) is 0 Å². The minimum absolute atomic E-state index is 0.0370. The lowest BCUT2D eigenvalue weighted by Gasteiger charge is -2.17. The molecule has 4 aromatic carbocycles. The molecule has 4 aromatic rings. The van der Waals surface area contributed by atoms with E-state index in [0.29, 0.717) is 6.07 Å². The Kier molecular flexibility index (Phi) is 16.0. The molecule has 0 spiro atoms. The first-order chi connectivity index (χ1) is 27.0. The molecule has 59 heavy (non-hydrogen) atoms. The summed E-state index contributed by atoms with van der Waals surface area (Å²) in [6.07, 6.45) is -19.6. The number of carbonyl (C=O) groups is 2. The molecule has 0 aliphatic rings. The Morgan fingerprint density at radius 2 is 0.881 bits per heavy atom. The maximum Gasteiger partial charge on any atom is 0.573 e. The second-order valence-corrected chi connectivity index (χ2v) is 10.5. The highest BCUT2D eigenvalue weighted by Crippen LogP contribution is 2.41. The van der Waals surface area contributed by atoms with Gasteiger partial charge in [-0.05, 0) is 48.5 Å². The van der Waals surface area contributed by atoms with Gasteiger partial charge in [0, 0.05) is 12.1 Å². The lowest BCUT2D eigenvalue weighted by Crippen LogP contribution is -2.17. The summed E-state index contributed by atoms with van der Waals surface area (Å²) in [5, 5.41) is 9.07. The van der Waals surface area contributed by atoms with Crippen molar-refractivity contribution in [3.63, 3.8) is 0 Å². The Morgan fingerprint density at radius 3 is 1.29 bits per heavy atom. The van der Waals surface area contributed by atoms with Gasteiger partial charge in [-0.2, -0.15) is 26.3 Å². The average molecular weight is 877 g/mol. The smallest absolute Gasteiger partial charge is 0.504 e. The van der Waals surface area contributed by atoms with Crippen LogP contribution in [0.2, 0.25) is 0 Å². The van der Waals surface area contributed by atoms with Crippen LogP contribution in [0.3, 0.4) is 0 Å². The predicted molar refractivity (Wildman–Crippen MR) is 167 cm³/mol. The van der Waals surface area contributed by atoms with E-state index in [1.807, 2.05) is 0 Å². The van der Waals surface area contributed by atoms with E-state index in [9.17, 15) is 75.4 Å². The summed E-state index contributed by atoms with van der Waals surface area (Å²) in [5.41, 5.74) is -5.06. The molecule has 0 aromatic heterocycles. The second kappa shape index (κ2) is 19.3. The summed E-state index contributed by atoms with van der Waals surface area (Å²) in [6, 6.07) is 5.89. The van der Waals surface area contributed by atoms with Crippen LogP contribution >= 0.6 is 0 Å². The van der Waals surface area contributed by atoms with Gasteiger partial charge >= 0.3 is 37.0 Å². The summed E-state index contributed by atoms with van der Waals surface area (Å²) in [5.74, 6) is -10.6. The molecular formula is C34H23F15O10. The number of carbonyl (C=O) groups excluding carboxylic acids is 2. The van der Waals surface area contributed by atoms with Crippen molar-refractivity contribution < 1.29 is 114 Å². The molecule has 10 nitrogen and oxygen atoms in total. The third-order valence-corrected chi connectivity index (χ3v) is 6.50. The SMILES string of the molecule is COC(=O)c1c(F)cc(C(F)(F)F)cc1F.COC(=O)c1c(F)cc(C(F)(F)F)cc1Oc1ccc(OC(F)(F)F)cc1OC.COc1cc(OC(F)(F)F)ccc1O. The highest BCUT2D eigenvalue weighted by Gasteiger charge is 2.36. The molecule has 0 saturated heterocycles. The summed E-state index contributed by atoms with van der Waals surface area (Å²) < 4.78 is 218. The standard InChI is InChI=1S/C17H11F7O5.C9H5F5O2.C8H7F3O3/c1-26-12-7-9(29-17(22,23)24)3-4-11(12)28-13-6-8(16(19,20)21)5-10(18)14(13)15(25)27-2;1-16-8(15)7-5(10)2-4(3-6(7)11)9(12,13)14;1-13-7-4-5(2-3-6(7)12)14-8(9,10)11/h3-7H,1-2H3;2-3H,1H3;2-4,12H,1H3. The zero-order valence-corrected chi connectivity index (χ0v) is 29.6. The van der Waals surface area contributed by atoms with Crippen LogP contribution in [-0.4, -0.2) is 58.2 Å². The van der Waals surface area contributed by atoms with Crippen molar-refractivity contribution in [2.45, 2.75) is 25.1 Å². The topological polar surface area (TPSA) is 119 Å². The Labute approximate surface area is 320 Å². The van der Waals surface area contributed by atoms with E-state index in [1.165, 1.54) is 7.11 Å². The highest BCUT2D eigenvalue weighted by molar-refractivity contribution is 5.93. The Hall–Kier alpha value is -6.43. The fourth-order valence-corrected chi connectivity index (χ4v) is 4.06. The van der Waals surface area contributed by atoms with Crippen molar-refractivity contribution in [1.82, 2.24) is 0 Å². The molecule has 1 N–H and O–H groups in total. The third-order valence-electron chi connectivity index (χ3n) is 6.50. The van der Waals surface area contributed by atoms with Crippen molar-refractivity contribution in [2.75, 3.05) is 28.4 Å². The minimum atomic E-state index is -5.00. The van der Waals surface area contributed by atoms with Gasteiger partial charge in [-0.25, -0.2) is 22.8 Å². The first-order valence-corrected chi connectivity index (χ1v) is 14.9. The normalized spacial score (nSPS) is 11.5. The Bertz CT molecular complexity index is 2070. The molecule has 0 heterocycles. The van der Waals surface area contributed by atoms with Gasteiger partial charge in [0.1, 0.15) is 45.8 Å². The highest BCUT2D eigenvalue weighted by atomic mass is 19.4. The van der Waals surface area contributed by atoms with Crippen molar-refractivity contribution in [3.05, 3.63) is 100 Å². The molecule has 0 atom stereocenters. The molecule has 0 amide bonds. The second-order valence-electron chi connectivity index (χ2n) is 10.5. The average Bonchev–Trinajstić information content (AvgIpc) is 3.10. The van der Waals surface area contributed by atoms with Crippen LogP contribution in [0.5, 0.6) is 40.2 Å². The van der Waals surface area contributed by atoms with Gasteiger partial charge in [0.2, 0.25) is 0 Å². The first-order valence-electron chi connectivity index (χ1n) is 14.9. The van der Waals surface area contributed by atoms with Crippen molar-refractivity contribution in [3.8, 4) is 40.2 Å². The van der Waals surface area contributed by atoms with Gasteiger partial charge in [0.05, 0.1) is 39.6 Å². The maximum absolute atomic E-state index is 14.2. The number of phenolic OH excluding ortho intramolecular Hbond substituents is 1. The number of halogens is 15. The first kappa shape index (κ1) is 48.7. The van der Waals surface area contributed by atoms with Crippen LogP contribution in [0.1, 0.15) is 31.8 Å². The summed E-state index contributed by atoms with van der Waals surface area (Å²) in [4.78, 5) is 22.6. The van der Waals surface area contributed by atoms with Crippen LogP contribution < -0.4 is 23.7 Å². The fourth-order valence-electron chi connectivity index (χ4n) is 4.06. The largest absolute Gasteiger partial charge is 0.573 e. The van der Waals surface area contributed by atoms with E-state index in [0.717, 1.165) is 57.7 Å². The van der Waals surface area contributed by atoms with Gasteiger partial charge < -0.3 is 38.3 Å². The molecule has 0 fully saturated rings. The Morgan fingerprint density at radius 1 is 0.492 bits per heavy atom. The monoisotopic (exact) mass is 876 g/mol. The zero-order valence-electron chi connectivity index (χ0n) is 29.6. The number of rotatable bonds is 8. The van der Waals surface area contributed by atoms with E-state index >= 15 is 0 Å². The number of esters is 2. The van der Waals surface area contributed by atoms with Crippen LogP contribution in [0.25, 0.3) is 0 Å². The Balaban J connectivity index is 0.000000337. The van der Waals surface area contributed by atoms with Gasteiger partial charge in [-0.15, -0.1) is 26.3 Å². The van der Waals surface area contributed by atoms with E-state index in [-0.39, 0.29) is 35.4 Å². The number of hydrogen-bond acceptors (Lipinski definition) is 10. The number of benzene rings is 4. The van der Waals surface area contributed by atoms with Crippen LogP contribution in [0.15, 0.2) is 60.7 Å². The molecule has 0 unspecified atom stereocenters. The van der Waals surface area contributed by atoms with Gasteiger partial charge in [0.15, 0.2) is 23.0 Å². The summed E-state index contributed by atoms with van der Waals surface area (Å²) in [7, 11) is 3.99. The summed E-state index contributed by atoms with van der Waals surface area (Å²) in [6.45, 7) is 0. The van der Waals surface area contributed by atoms with Crippen molar-refractivity contribution in [1.29, 1.82) is 0 Å². The molecule has 25 heteroatoms. The lowest BCUT2D eigenvalue weighted by molar-refractivity contribution is -0.275. The molecule has 4 rings (SSSR count). The van der Waals surface area contributed by atoms with Crippen LogP contribution in [0.4, 0.5) is 65.9 Å². The number of ether oxygens (including phenoxy) is 7. The van der Waals surface area contributed by atoms with E-state index in [4.69, 9.17) is 14.6 Å². The molecule has 0 saturated carbocycles. The lowest BCUT2D eigenvalue weighted by atomic mass is 10.1. The maximum atomic E-state index is 14.2. The quantitative estimate of drug-likeness (QED) is 0.135. The molecule has 0 aliphatic carbocycles. The predicted octanol–water partition coefficient (Wildman–Crippen LogP) is 10.4. The molecule has 0 radical (unpaired) electrons. The number of methoxy groups -OCH3 is 4. The molecular weight excluding hydrogens is 853 g/mol. The van der Waals surface area contributed by atoms with E-state index in [1.54, 1.807) is 0 Å². The van der Waals surface area contributed by atoms with Crippen LogP contribution in [0, 0.1) is 17.5 Å². The fraction of sp³-hybridized carbons (Fsp3) is 0.235. The van der Waals surface area contributed by atoms with E-state index in [2.05, 4.69) is 23.7 Å². The summed E-state index contributed by atoms with van der Waals surface area (Å²) >= 11 is 0. The minimum Gasteiger partial charge on any atom is -0.504 e. The number of phenols is 1. The number of aromatic hydroxyl groups is 1. The van der Waals surface area contributed by atoms with Gasteiger partial charge in [-0.3, -0.25) is 0 Å².